The largest absolute Gasteiger partial charge is 0.493 e. The highest BCUT2D eigenvalue weighted by Crippen LogP contribution is 2.44. The van der Waals surface area contributed by atoms with Crippen LogP contribution in [0.5, 0.6) is 11.5 Å². The summed E-state index contributed by atoms with van der Waals surface area (Å²) in [6.07, 6.45) is 3.10. The molecule has 4 nitrogen and oxygen atoms in total. The minimum atomic E-state index is 0.165. The lowest BCUT2D eigenvalue weighted by molar-refractivity contribution is 0.109. The minimum absolute atomic E-state index is 0.165. The van der Waals surface area contributed by atoms with E-state index < -0.39 is 0 Å². The molecule has 1 saturated heterocycles. The zero-order valence-corrected chi connectivity index (χ0v) is 16.6. The van der Waals surface area contributed by atoms with Gasteiger partial charge in [-0.2, -0.15) is 0 Å². The number of rotatable bonds is 4. The maximum absolute atomic E-state index is 6.69. The van der Waals surface area contributed by atoms with E-state index in [0.717, 1.165) is 43.9 Å². The molecule has 2 aromatic rings. The van der Waals surface area contributed by atoms with E-state index >= 15 is 0 Å². The van der Waals surface area contributed by atoms with Crippen molar-refractivity contribution in [2.45, 2.75) is 44.2 Å². The summed E-state index contributed by atoms with van der Waals surface area (Å²) in [5, 5.41) is 0. The Morgan fingerprint density at radius 1 is 1.07 bits per heavy atom. The summed E-state index contributed by atoms with van der Waals surface area (Å²) < 4.78 is 11.0. The van der Waals surface area contributed by atoms with Crippen LogP contribution in [-0.2, 0) is 12.8 Å². The van der Waals surface area contributed by atoms with Gasteiger partial charge in [-0.3, -0.25) is 4.90 Å². The molecule has 1 fully saturated rings. The molecule has 2 aliphatic rings. The first-order chi connectivity index (χ1) is 13.1. The molecule has 2 N–H and O–H groups in total. The van der Waals surface area contributed by atoms with Gasteiger partial charge in [0.2, 0.25) is 0 Å². The van der Waals surface area contributed by atoms with Gasteiger partial charge in [0.05, 0.1) is 14.2 Å². The topological polar surface area (TPSA) is 47.7 Å². The monoisotopic (exact) mass is 366 g/mol. The number of hydrogen-bond donors (Lipinski definition) is 1. The lowest BCUT2D eigenvalue weighted by Crippen LogP contribution is -2.49. The molecule has 0 aromatic heterocycles. The molecule has 4 heteroatoms. The van der Waals surface area contributed by atoms with Crippen molar-refractivity contribution in [2.75, 3.05) is 27.3 Å². The average molecular weight is 367 g/mol. The van der Waals surface area contributed by atoms with Crippen molar-refractivity contribution >= 4 is 0 Å². The molecule has 3 unspecified atom stereocenters. The third kappa shape index (κ3) is 3.32. The lowest BCUT2D eigenvalue weighted by Gasteiger charge is -2.46. The fraction of sp³-hybridized carbons (Fsp3) is 0.478. The number of nitrogens with two attached hydrogens (primary N) is 1. The van der Waals surface area contributed by atoms with Crippen molar-refractivity contribution in [2.24, 2.45) is 5.73 Å². The molecule has 0 amide bonds. The van der Waals surface area contributed by atoms with Crippen LogP contribution in [0.1, 0.15) is 47.6 Å². The molecule has 0 radical (unpaired) electrons. The number of nitrogens with zero attached hydrogens (tertiary/aromatic N) is 1. The molecule has 3 atom stereocenters. The second-order valence-electron chi connectivity index (χ2n) is 7.77. The zero-order chi connectivity index (χ0) is 19.0. The standard InChI is InChI=1S/C23H30N2O2/c1-4-15-5-7-16(8-6-15)19-14-25-10-9-17-11-22(26-2)23(27-3)12-18(17)21(25)13-20(19)24/h5-8,11-12,19-21H,4,9-10,13-14,24H2,1-3H3. The molecule has 2 aromatic carbocycles. The summed E-state index contributed by atoms with van der Waals surface area (Å²) >= 11 is 0. The summed E-state index contributed by atoms with van der Waals surface area (Å²) in [6.45, 7) is 4.29. The number of methoxy groups -OCH3 is 2. The fourth-order valence-electron chi connectivity index (χ4n) is 4.74. The molecule has 0 bridgehead atoms. The SMILES string of the molecule is CCc1ccc(C2CN3CCc4cc(OC)c(OC)cc4C3CC2N)cc1. The van der Waals surface area contributed by atoms with E-state index in [-0.39, 0.29) is 6.04 Å². The van der Waals surface area contributed by atoms with Crippen LogP contribution in [-0.4, -0.2) is 38.3 Å². The molecule has 0 saturated carbocycles. The van der Waals surface area contributed by atoms with Gasteiger partial charge in [0.1, 0.15) is 0 Å². The number of fused-ring (bicyclic) bond motifs is 3. The zero-order valence-electron chi connectivity index (χ0n) is 16.6. The van der Waals surface area contributed by atoms with Gasteiger partial charge in [0.25, 0.3) is 0 Å². The van der Waals surface area contributed by atoms with Gasteiger partial charge in [0, 0.05) is 31.1 Å². The van der Waals surface area contributed by atoms with Gasteiger partial charge < -0.3 is 15.2 Å². The summed E-state index contributed by atoms with van der Waals surface area (Å²) in [5.74, 6) is 2.02. The molecular weight excluding hydrogens is 336 g/mol. The van der Waals surface area contributed by atoms with Crippen molar-refractivity contribution in [1.82, 2.24) is 4.90 Å². The highest BCUT2D eigenvalue weighted by Gasteiger charge is 2.38. The summed E-state index contributed by atoms with van der Waals surface area (Å²) in [7, 11) is 3.40. The third-order valence-corrected chi connectivity index (χ3v) is 6.37. The van der Waals surface area contributed by atoms with Gasteiger partial charge in [-0.25, -0.2) is 0 Å². The van der Waals surface area contributed by atoms with E-state index in [2.05, 4.69) is 48.2 Å². The summed E-state index contributed by atoms with van der Waals surface area (Å²) in [6, 6.07) is 13.9. The van der Waals surface area contributed by atoms with E-state index in [1.807, 2.05) is 0 Å². The van der Waals surface area contributed by atoms with Crippen molar-refractivity contribution in [3.63, 3.8) is 0 Å². The Kier molecular flexibility index (Phi) is 5.11. The Morgan fingerprint density at radius 3 is 2.44 bits per heavy atom. The predicted octanol–water partition coefficient (Wildman–Crippen LogP) is 3.68. The Labute approximate surface area is 162 Å². The lowest BCUT2D eigenvalue weighted by atomic mass is 9.78. The van der Waals surface area contributed by atoms with E-state index in [9.17, 15) is 0 Å². The maximum atomic E-state index is 6.69. The van der Waals surface area contributed by atoms with Crippen LogP contribution >= 0.6 is 0 Å². The van der Waals surface area contributed by atoms with E-state index in [1.165, 1.54) is 22.3 Å². The summed E-state index contributed by atoms with van der Waals surface area (Å²) in [5.41, 5.74) is 12.2. The normalized spacial score (nSPS) is 24.8. The molecule has 4 rings (SSSR count). The summed E-state index contributed by atoms with van der Waals surface area (Å²) in [4.78, 5) is 2.61. The molecule has 2 aliphatic heterocycles. The Morgan fingerprint density at radius 2 is 1.78 bits per heavy atom. The van der Waals surface area contributed by atoms with Crippen LogP contribution in [0.4, 0.5) is 0 Å². The van der Waals surface area contributed by atoms with E-state index in [1.54, 1.807) is 14.2 Å². The van der Waals surface area contributed by atoms with Crippen LogP contribution in [0.3, 0.4) is 0 Å². The van der Waals surface area contributed by atoms with Crippen molar-refractivity contribution in [1.29, 1.82) is 0 Å². The molecule has 0 spiro atoms. The number of aryl methyl sites for hydroxylation is 1. The second kappa shape index (κ2) is 7.53. The maximum Gasteiger partial charge on any atom is 0.161 e. The second-order valence-corrected chi connectivity index (χ2v) is 7.77. The van der Waals surface area contributed by atoms with Gasteiger partial charge in [0.15, 0.2) is 11.5 Å². The highest BCUT2D eigenvalue weighted by atomic mass is 16.5. The number of piperidine rings is 1. The minimum Gasteiger partial charge on any atom is -0.493 e. The molecular formula is C23H30N2O2. The first-order valence-electron chi connectivity index (χ1n) is 9.97. The van der Waals surface area contributed by atoms with Gasteiger partial charge in [-0.05, 0) is 53.6 Å². The smallest absolute Gasteiger partial charge is 0.161 e. The predicted molar refractivity (Wildman–Crippen MR) is 109 cm³/mol. The van der Waals surface area contributed by atoms with Crippen molar-refractivity contribution in [3.8, 4) is 11.5 Å². The van der Waals surface area contributed by atoms with Crippen LogP contribution in [0, 0.1) is 0 Å². The quantitative estimate of drug-likeness (QED) is 0.897. The van der Waals surface area contributed by atoms with Crippen LogP contribution in [0.2, 0.25) is 0 Å². The Balaban J connectivity index is 1.61. The molecule has 0 aliphatic carbocycles. The molecule has 2 heterocycles. The van der Waals surface area contributed by atoms with Gasteiger partial charge >= 0.3 is 0 Å². The van der Waals surface area contributed by atoms with Crippen LogP contribution in [0.25, 0.3) is 0 Å². The van der Waals surface area contributed by atoms with Gasteiger partial charge in [-0.15, -0.1) is 0 Å². The number of benzene rings is 2. The number of ether oxygens (including phenoxy) is 2. The van der Waals surface area contributed by atoms with E-state index in [0.29, 0.717) is 12.0 Å². The fourth-order valence-corrected chi connectivity index (χ4v) is 4.74. The van der Waals surface area contributed by atoms with Crippen LogP contribution < -0.4 is 15.2 Å². The average Bonchev–Trinajstić information content (AvgIpc) is 2.72. The molecule has 27 heavy (non-hydrogen) atoms. The van der Waals surface area contributed by atoms with E-state index in [4.69, 9.17) is 15.2 Å². The first-order valence-corrected chi connectivity index (χ1v) is 9.97. The van der Waals surface area contributed by atoms with Gasteiger partial charge in [-0.1, -0.05) is 31.2 Å². The molecule has 144 valence electrons. The van der Waals surface area contributed by atoms with Crippen LogP contribution in [0.15, 0.2) is 36.4 Å². The Hall–Kier alpha value is -2.04. The number of hydrogen-bond acceptors (Lipinski definition) is 4. The first kappa shape index (κ1) is 18.3. The van der Waals surface area contributed by atoms with Crippen molar-refractivity contribution < 1.29 is 9.47 Å². The highest BCUT2D eigenvalue weighted by molar-refractivity contribution is 5.50. The van der Waals surface area contributed by atoms with Crippen molar-refractivity contribution in [3.05, 3.63) is 58.7 Å². The Bertz CT molecular complexity index is 803. The third-order valence-electron chi connectivity index (χ3n) is 6.37.